The van der Waals surface area contributed by atoms with Crippen molar-refractivity contribution in [1.82, 2.24) is 0 Å². The van der Waals surface area contributed by atoms with E-state index in [1.165, 1.54) is 12.7 Å². The molecule has 170 valence electrons. The summed E-state index contributed by atoms with van der Waals surface area (Å²) in [5.41, 5.74) is 3.35. The van der Waals surface area contributed by atoms with Crippen molar-refractivity contribution in [2.24, 2.45) is 0 Å². The molecule has 0 aliphatic rings. The van der Waals surface area contributed by atoms with Crippen LogP contribution >= 0.6 is 0 Å². The zero-order chi connectivity index (χ0) is 23.1. The second-order valence-corrected chi connectivity index (χ2v) is 7.80. The molecule has 0 aliphatic heterocycles. The molecule has 0 fully saturated rings. The van der Waals surface area contributed by atoms with Crippen molar-refractivity contribution >= 4 is 16.7 Å². The quantitative estimate of drug-likeness (QED) is 0.286. The maximum Gasteiger partial charge on any atom is 0.305 e. The summed E-state index contributed by atoms with van der Waals surface area (Å²) in [6.07, 6.45) is 2.93. The molecule has 0 saturated heterocycles. The average Bonchev–Trinajstić information content (AvgIpc) is 2.83. The predicted octanol–water partition coefficient (Wildman–Crippen LogP) is 6.04. The largest absolute Gasteiger partial charge is 0.497 e. The molecule has 0 saturated carbocycles. The first-order chi connectivity index (χ1) is 15.5. The van der Waals surface area contributed by atoms with Crippen molar-refractivity contribution in [1.29, 1.82) is 0 Å². The summed E-state index contributed by atoms with van der Waals surface area (Å²) in [7, 11) is 6.53. The number of carbonyl (C=O) groups excluding carboxylic acids is 1. The summed E-state index contributed by atoms with van der Waals surface area (Å²) in [6.45, 7) is 2.09. The number of unbranched alkanes of at least 4 members (excludes halogenated alkanes) is 1. The number of benzene rings is 3. The molecule has 5 heteroatoms. The van der Waals surface area contributed by atoms with Gasteiger partial charge in [-0.25, -0.2) is 0 Å². The SMILES string of the molecule is COC(=O)CCCCC(c1ccc(OC)cc1)c1c(C)c(OC)c2ccccc2c1OC. The molecular formula is C27H32O5. The lowest BCUT2D eigenvalue weighted by molar-refractivity contribution is -0.140. The number of rotatable bonds is 10. The summed E-state index contributed by atoms with van der Waals surface area (Å²) in [4.78, 5) is 11.6. The highest BCUT2D eigenvalue weighted by atomic mass is 16.5. The summed E-state index contributed by atoms with van der Waals surface area (Å²) in [5, 5.41) is 2.06. The van der Waals surface area contributed by atoms with E-state index in [1.54, 1.807) is 21.3 Å². The number of esters is 1. The smallest absolute Gasteiger partial charge is 0.305 e. The van der Waals surface area contributed by atoms with Gasteiger partial charge in [0.1, 0.15) is 17.2 Å². The zero-order valence-corrected chi connectivity index (χ0v) is 19.6. The maximum atomic E-state index is 11.6. The predicted molar refractivity (Wildman–Crippen MR) is 127 cm³/mol. The molecule has 0 aliphatic carbocycles. The van der Waals surface area contributed by atoms with Gasteiger partial charge in [-0.15, -0.1) is 0 Å². The summed E-state index contributed by atoms with van der Waals surface area (Å²) in [6, 6.07) is 16.3. The molecule has 5 nitrogen and oxygen atoms in total. The molecule has 0 N–H and O–H groups in total. The average molecular weight is 437 g/mol. The Morgan fingerprint density at radius 3 is 2.00 bits per heavy atom. The number of carbonyl (C=O) groups is 1. The minimum Gasteiger partial charge on any atom is -0.497 e. The molecule has 3 rings (SSSR count). The second kappa shape index (κ2) is 10.9. The minimum atomic E-state index is -0.174. The lowest BCUT2D eigenvalue weighted by Gasteiger charge is -2.26. The van der Waals surface area contributed by atoms with E-state index >= 15 is 0 Å². The molecule has 3 aromatic carbocycles. The molecule has 1 atom stereocenters. The van der Waals surface area contributed by atoms with Gasteiger partial charge >= 0.3 is 5.97 Å². The Labute approximate surface area is 190 Å². The van der Waals surface area contributed by atoms with Gasteiger partial charge in [-0.3, -0.25) is 4.79 Å². The van der Waals surface area contributed by atoms with Gasteiger partial charge in [0.2, 0.25) is 0 Å². The molecule has 0 aromatic heterocycles. The van der Waals surface area contributed by atoms with E-state index in [4.69, 9.17) is 18.9 Å². The number of hydrogen-bond acceptors (Lipinski definition) is 5. The van der Waals surface area contributed by atoms with Crippen molar-refractivity contribution < 1.29 is 23.7 Å². The van der Waals surface area contributed by atoms with Gasteiger partial charge in [-0.05, 0) is 43.0 Å². The van der Waals surface area contributed by atoms with E-state index in [2.05, 4.69) is 31.2 Å². The van der Waals surface area contributed by atoms with Crippen molar-refractivity contribution in [2.45, 2.75) is 38.5 Å². The molecule has 0 amide bonds. The van der Waals surface area contributed by atoms with E-state index in [0.717, 1.165) is 58.4 Å². The highest BCUT2D eigenvalue weighted by Gasteiger charge is 2.26. The fourth-order valence-corrected chi connectivity index (χ4v) is 4.46. The first-order valence-corrected chi connectivity index (χ1v) is 10.9. The van der Waals surface area contributed by atoms with Crippen LogP contribution in [0.25, 0.3) is 10.8 Å². The van der Waals surface area contributed by atoms with Gasteiger partial charge in [0.15, 0.2) is 0 Å². The van der Waals surface area contributed by atoms with Crippen LogP contribution in [0.2, 0.25) is 0 Å². The molecule has 0 spiro atoms. The van der Waals surface area contributed by atoms with Gasteiger partial charge in [-0.2, -0.15) is 0 Å². The van der Waals surface area contributed by atoms with Gasteiger partial charge in [0.25, 0.3) is 0 Å². The third-order valence-electron chi connectivity index (χ3n) is 6.03. The van der Waals surface area contributed by atoms with Crippen molar-refractivity contribution in [3.8, 4) is 17.2 Å². The standard InChI is InChI=1S/C27H32O5/c1-18-25(27(32-5)23-12-7-6-11-22(23)26(18)31-4)21(10-8-9-13-24(28)30-3)19-14-16-20(29-2)17-15-19/h6-7,11-12,14-17,21H,8-10,13H2,1-5H3. The molecule has 1 unspecified atom stereocenters. The number of hydrogen-bond donors (Lipinski definition) is 0. The van der Waals surface area contributed by atoms with E-state index in [-0.39, 0.29) is 11.9 Å². The molecule has 0 heterocycles. The Morgan fingerprint density at radius 1 is 0.812 bits per heavy atom. The van der Waals surface area contributed by atoms with Gasteiger partial charge < -0.3 is 18.9 Å². The molecule has 3 aromatic rings. The van der Waals surface area contributed by atoms with Crippen LogP contribution in [0, 0.1) is 6.92 Å². The zero-order valence-electron chi connectivity index (χ0n) is 19.6. The number of ether oxygens (including phenoxy) is 4. The summed E-state index contributed by atoms with van der Waals surface area (Å²) in [5.74, 6) is 2.45. The van der Waals surface area contributed by atoms with Gasteiger partial charge in [0.05, 0.1) is 28.4 Å². The fourth-order valence-electron chi connectivity index (χ4n) is 4.46. The Morgan fingerprint density at radius 2 is 1.44 bits per heavy atom. The molecule has 0 bridgehead atoms. The summed E-state index contributed by atoms with van der Waals surface area (Å²) >= 11 is 0. The lowest BCUT2D eigenvalue weighted by Crippen LogP contribution is -2.09. The summed E-state index contributed by atoms with van der Waals surface area (Å²) < 4.78 is 22.0. The van der Waals surface area contributed by atoms with Crippen LogP contribution in [0.1, 0.15) is 48.3 Å². The van der Waals surface area contributed by atoms with Gasteiger partial charge in [-0.1, -0.05) is 42.8 Å². The first-order valence-electron chi connectivity index (χ1n) is 10.9. The van der Waals surface area contributed by atoms with Crippen LogP contribution in [0.5, 0.6) is 17.2 Å². The van der Waals surface area contributed by atoms with E-state index in [1.807, 2.05) is 24.3 Å². The van der Waals surface area contributed by atoms with Crippen molar-refractivity contribution in [2.75, 3.05) is 28.4 Å². The van der Waals surface area contributed by atoms with E-state index in [9.17, 15) is 4.79 Å². The fraction of sp³-hybridized carbons (Fsp3) is 0.370. The first kappa shape index (κ1) is 23.5. The topological polar surface area (TPSA) is 54.0 Å². The Kier molecular flexibility index (Phi) is 7.98. The van der Waals surface area contributed by atoms with E-state index < -0.39 is 0 Å². The molecular weight excluding hydrogens is 404 g/mol. The van der Waals surface area contributed by atoms with Crippen LogP contribution in [0.15, 0.2) is 48.5 Å². The number of methoxy groups -OCH3 is 4. The second-order valence-electron chi connectivity index (χ2n) is 7.80. The maximum absolute atomic E-state index is 11.6. The van der Waals surface area contributed by atoms with Crippen molar-refractivity contribution in [3.63, 3.8) is 0 Å². The Balaban J connectivity index is 2.12. The van der Waals surface area contributed by atoms with Crippen LogP contribution in [-0.4, -0.2) is 34.4 Å². The normalized spacial score (nSPS) is 11.8. The third-order valence-corrected chi connectivity index (χ3v) is 6.03. The number of fused-ring (bicyclic) bond motifs is 1. The van der Waals surface area contributed by atoms with Crippen LogP contribution in [0.4, 0.5) is 0 Å². The minimum absolute atomic E-state index is 0.0759. The lowest BCUT2D eigenvalue weighted by atomic mass is 9.82. The Bertz CT molecular complexity index is 1060. The highest BCUT2D eigenvalue weighted by Crippen LogP contribution is 2.47. The monoisotopic (exact) mass is 436 g/mol. The molecule has 32 heavy (non-hydrogen) atoms. The van der Waals surface area contributed by atoms with Crippen LogP contribution in [-0.2, 0) is 9.53 Å². The van der Waals surface area contributed by atoms with Crippen LogP contribution in [0.3, 0.4) is 0 Å². The van der Waals surface area contributed by atoms with E-state index in [0.29, 0.717) is 6.42 Å². The highest BCUT2D eigenvalue weighted by molar-refractivity contribution is 5.96. The van der Waals surface area contributed by atoms with Crippen LogP contribution < -0.4 is 14.2 Å². The Hall–Kier alpha value is -3.21. The third kappa shape index (κ3) is 4.82. The van der Waals surface area contributed by atoms with Gasteiger partial charge in [0, 0.05) is 28.7 Å². The van der Waals surface area contributed by atoms with Crippen molar-refractivity contribution in [3.05, 3.63) is 65.2 Å². The molecule has 0 radical (unpaired) electrons.